The molecule has 1 N–H and O–H groups in total. The molecule has 5 heteroatoms. The maximum absolute atomic E-state index is 11.8. The number of nitrogens with one attached hydrogen (secondary N) is 1. The quantitative estimate of drug-likeness (QED) is 0.896. The summed E-state index contributed by atoms with van der Waals surface area (Å²) in [6.45, 7) is 2.41. The molecule has 1 fully saturated rings. The van der Waals surface area contributed by atoms with E-state index in [0.717, 1.165) is 0 Å². The van der Waals surface area contributed by atoms with Crippen molar-refractivity contribution in [1.29, 1.82) is 0 Å². The smallest absolute Gasteiger partial charge is 0.253 e. The third-order valence-corrected chi connectivity index (χ3v) is 3.57. The molecule has 1 aromatic rings. The number of benzene rings is 1. The van der Waals surface area contributed by atoms with Crippen molar-refractivity contribution in [2.24, 2.45) is 5.92 Å². The first kappa shape index (κ1) is 13.7. The first-order chi connectivity index (χ1) is 8.56. The average Bonchev–Trinajstić information content (AvgIpc) is 3.14. The van der Waals surface area contributed by atoms with Gasteiger partial charge in [0.15, 0.2) is 0 Å². The summed E-state index contributed by atoms with van der Waals surface area (Å²) in [4.78, 5) is 11.8. The predicted molar refractivity (Wildman–Crippen MR) is 73.2 cm³/mol. The lowest BCUT2D eigenvalue weighted by molar-refractivity contribution is -0.126. The highest BCUT2D eigenvalue weighted by atomic mass is 35.5. The highest BCUT2D eigenvalue weighted by Gasteiger charge is 2.24. The Bertz CT molecular complexity index is 447. The molecule has 0 saturated heterocycles. The topological polar surface area (TPSA) is 38.3 Å². The fourth-order valence-electron chi connectivity index (χ4n) is 1.46. The van der Waals surface area contributed by atoms with Gasteiger partial charge in [0.05, 0.1) is 16.7 Å². The Hall–Kier alpha value is -0.770. The second kappa shape index (κ2) is 5.91. The Morgan fingerprint density at radius 3 is 2.78 bits per heavy atom. The van der Waals surface area contributed by atoms with Crippen molar-refractivity contribution < 1.29 is 9.53 Å². The largest absolute Gasteiger partial charge is 0.368 e. The fourth-order valence-corrected chi connectivity index (χ4v) is 1.76. The minimum atomic E-state index is -0.458. The first-order valence-electron chi connectivity index (χ1n) is 5.94. The summed E-state index contributed by atoms with van der Waals surface area (Å²) >= 11 is 11.7. The molecular formula is C13H15Cl2NO2. The molecule has 1 aliphatic rings. The third kappa shape index (κ3) is 3.87. The molecule has 1 atom stereocenters. The van der Waals surface area contributed by atoms with Crippen molar-refractivity contribution in [1.82, 2.24) is 0 Å². The van der Waals surface area contributed by atoms with E-state index in [-0.39, 0.29) is 5.91 Å². The zero-order valence-electron chi connectivity index (χ0n) is 10.1. The van der Waals surface area contributed by atoms with Gasteiger partial charge in [-0.05, 0) is 43.9 Å². The fraction of sp³-hybridized carbons (Fsp3) is 0.462. The minimum absolute atomic E-state index is 0.172. The van der Waals surface area contributed by atoms with E-state index in [4.69, 9.17) is 27.9 Å². The van der Waals surface area contributed by atoms with Gasteiger partial charge in [-0.25, -0.2) is 0 Å². The molecule has 0 bridgehead atoms. The summed E-state index contributed by atoms with van der Waals surface area (Å²) < 4.78 is 5.48. The molecule has 1 aliphatic carbocycles. The van der Waals surface area contributed by atoms with Crippen LogP contribution in [0, 0.1) is 5.92 Å². The Labute approximate surface area is 116 Å². The number of hydrogen-bond donors (Lipinski definition) is 1. The van der Waals surface area contributed by atoms with Crippen LogP contribution in [0.1, 0.15) is 19.8 Å². The monoisotopic (exact) mass is 287 g/mol. The molecule has 3 nitrogen and oxygen atoms in total. The van der Waals surface area contributed by atoms with Gasteiger partial charge in [-0.3, -0.25) is 4.79 Å². The van der Waals surface area contributed by atoms with Gasteiger partial charge in [-0.15, -0.1) is 0 Å². The van der Waals surface area contributed by atoms with E-state index in [1.165, 1.54) is 12.8 Å². The zero-order valence-corrected chi connectivity index (χ0v) is 11.6. The van der Waals surface area contributed by atoms with E-state index in [1.54, 1.807) is 25.1 Å². The Morgan fingerprint density at radius 2 is 2.17 bits per heavy atom. The van der Waals surface area contributed by atoms with Gasteiger partial charge >= 0.3 is 0 Å². The molecule has 1 aromatic carbocycles. The standard InChI is InChI=1S/C13H15Cl2NO2/c1-8(18-7-9-2-3-9)13(17)16-10-4-5-11(14)12(15)6-10/h4-6,8-9H,2-3,7H2,1H3,(H,16,17). The Morgan fingerprint density at radius 1 is 1.44 bits per heavy atom. The van der Waals surface area contributed by atoms with Crippen molar-refractivity contribution in [3.8, 4) is 0 Å². The molecule has 1 amide bonds. The van der Waals surface area contributed by atoms with Gasteiger partial charge in [0.2, 0.25) is 0 Å². The average molecular weight is 288 g/mol. The van der Waals surface area contributed by atoms with Crippen molar-refractivity contribution in [2.45, 2.75) is 25.9 Å². The second-order valence-corrected chi connectivity index (χ2v) is 5.35. The summed E-state index contributed by atoms with van der Waals surface area (Å²) in [6, 6.07) is 4.98. The van der Waals surface area contributed by atoms with E-state index in [0.29, 0.717) is 28.3 Å². The van der Waals surface area contributed by atoms with Crippen LogP contribution in [0.15, 0.2) is 18.2 Å². The number of ether oxygens (including phenoxy) is 1. The third-order valence-electron chi connectivity index (χ3n) is 2.84. The van der Waals surface area contributed by atoms with Crippen molar-refractivity contribution in [2.75, 3.05) is 11.9 Å². The molecule has 1 saturated carbocycles. The zero-order chi connectivity index (χ0) is 13.1. The lowest BCUT2D eigenvalue weighted by Crippen LogP contribution is -2.28. The van der Waals surface area contributed by atoms with Crippen LogP contribution < -0.4 is 5.32 Å². The molecule has 0 aromatic heterocycles. The van der Waals surface area contributed by atoms with Crippen molar-refractivity contribution in [3.05, 3.63) is 28.2 Å². The molecule has 0 aliphatic heterocycles. The van der Waals surface area contributed by atoms with Crippen LogP contribution in [0.25, 0.3) is 0 Å². The minimum Gasteiger partial charge on any atom is -0.368 e. The van der Waals surface area contributed by atoms with E-state index in [2.05, 4.69) is 5.32 Å². The van der Waals surface area contributed by atoms with Gasteiger partial charge in [0.25, 0.3) is 5.91 Å². The number of halogens is 2. The number of hydrogen-bond acceptors (Lipinski definition) is 2. The summed E-state index contributed by atoms with van der Waals surface area (Å²) in [5.74, 6) is 0.472. The summed E-state index contributed by atoms with van der Waals surface area (Å²) in [5, 5.41) is 3.63. The van der Waals surface area contributed by atoms with Crippen LogP contribution >= 0.6 is 23.2 Å². The maximum atomic E-state index is 11.8. The predicted octanol–water partition coefficient (Wildman–Crippen LogP) is 3.75. The van der Waals surface area contributed by atoms with Crippen LogP contribution in [0.4, 0.5) is 5.69 Å². The number of rotatable bonds is 5. The molecule has 98 valence electrons. The molecule has 0 radical (unpaired) electrons. The second-order valence-electron chi connectivity index (χ2n) is 4.54. The highest BCUT2D eigenvalue weighted by Crippen LogP contribution is 2.29. The Kier molecular flexibility index (Phi) is 4.49. The molecule has 1 unspecified atom stereocenters. The van der Waals surface area contributed by atoms with E-state index >= 15 is 0 Å². The van der Waals surface area contributed by atoms with Gasteiger partial charge in [0, 0.05) is 5.69 Å². The van der Waals surface area contributed by atoms with E-state index in [1.807, 2.05) is 0 Å². The van der Waals surface area contributed by atoms with Crippen LogP contribution in [-0.2, 0) is 9.53 Å². The van der Waals surface area contributed by atoms with Gasteiger partial charge in [-0.2, -0.15) is 0 Å². The highest BCUT2D eigenvalue weighted by molar-refractivity contribution is 6.42. The van der Waals surface area contributed by atoms with Crippen LogP contribution in [0.2, 0.25) is 10.0 Å². The van der Waals surface area contributed by atoms with Crippen molar-refractivity contribution >= 4 is 34.8 Å². The molecule has 18 heavy (non-hydrogen) atoms. The lowest BCUT2D eigenvalue weighted by Gasteiger charge is -2.13. The molecule has 0 spiro atoms. The Balaban J connectivity index is 1.86. The van der Waals surface area contributed by atoms with Crippen LogP contribution in [0.5, 0.6) is 0 Å². The number of carbonyl (C=O) groups excluding carboxylic acids is 1. The first-order valence-corrected chi connectivity index (χ1v) is 6.69. The lowest BCUT2D eigenvalue weighted by atomic mass is 10.3. The number of anilines is 1. The van der Waals surface area contributed by atoms with Crippen molar-refractivity contribution in [3.63, 3.8) is 0 Å². The van der Waals surface area contributed by atoms with E-state index < -0.39 is 6.10 Å². The molecule has 0 heterocycles. The number of amides is 1. The van der Waals surface area contributed by atoms with E-state index in [9.17, 15) is 4.79 Å². The number of carbonyl (C=O) groups is 1. The molecular weight excluding hydrogens is 273 g/mol. The summed E-state index contributed by atoms with van der Waals surface area (Å²) in [5.41, 5.74) is 0.622. The van der Waals surface area contributed by atoms with Gasteiger partial charge in [-0.1, -0.05) is 23.2 Å². The normalized spacial score (nSPS) is 16.4. The SMILES string of the molecule is CC(OCC1CC1)C(=O)Nc1ccc(Cl)c(Cl)c1. The summed E-state index contributed by atoms with van der Waals surface area (Å²) in [6.07, 6.45) is 1.96. The van der Waals surface area contributed by atoms with Crippen LogP contribution in [-0.4, -0.2) is 18.6 Å². The van der Waals surface area contributed by atoms with Gasteiger partial charge < -0.3 is 10.1 Å². The van der Waals surface area contributed by atoms with Gasteiger partial charge in [0.1, 0.15) is 6.10 Å². The molecule has 2 rings (SSSR count). The summed E-state index contributed by atoms with van der Waals surface area (Å²) in [7, 11) is 0. The maximum Gasteiger partial charge on any atom is 0.253 e. The van der Waals surface area contributed by atoms with Crippen LogP contribution in [0.3, 0.4) is 0 Å².